The Morgan fingerprint density at radius 2 is 2.11 bits per heavy atom. The number of aromatic nitrogens is 5. The maximum Gasteiger partial charge on any atom is 0.258 e. The van der Waals surface area contributed by atoms with Crippen LogP contribution in [0.5, 0.6) is 5.75 Å². The van der Waals surface area contributed by atoms with Crippen molar-refractivity contribution in [2.24, 2.45) is 0 Å². The van der Waals surface area contributed by atoms with E-state index in [2.05, 4.69) is 22.1 Å². The van der Waals surface area contributed by atoms with Crippen molar-refractivity contribution in [1.29, 1.82) is 0 Å². The van der Waals surface area contributed by atoms with Crippen LogP contribution in [0.15, 0.2) is 51.9 Å². The number of hydrogen-bond acceptors (Lipinski definition) is 7. The van der Waals surface area contributed by atoms with Crippen LogP contribution in [-0.4, -0.2) is 31.3 Å². The summed E-state index contributed by atoms with van der Waals surface area (Å²) < 4.78 is 9.04. The normalized spacial score (nSPS) is 11.2. The van der Waals surface area contributed by atoms with Gasteiger partial charge in [0, 0.05) is 29.9 Å². The summed E-state index contributed by atoms with van der Waals surface area (Å²) in [5.74, 6) is 2.07. The van der Waals surface area contributed by atoms with Gasteiger partial charge in [0.2, 0.25) is 0 Å². The number of fused-ring (bicyclic) bond motifs is 1. The highest BCUT2D eigenvalue weighted by molar-refractivity contribution is 7.98. The lowest BCUT2D eigenvalue weighted by Crippen LogP contribution is -2.12. The molecule has 138 valence electrons. The molecule has 27 heavy (non-hydrogen) atoms. The molecule has 0 aliphatic carbocycles. The van der Waals surface area contributed by atoms with Gasteiger partial charge in [0.05, 0.1) is 18.4 Å². The van der Waals surface area contributed by atoms with Crippen LogP contribution in [0.1, 0.15) is 12.6 Å². The zero-order valence-electron chi connectivity index (χ0n) is 14.8. The van der Waals surface area contributed by atoms with Crippen molar-refractivity contribution in [1.82, 2.24) is 24.1 Å². The average Bonchev–Trinajstić information content (AvgIpc) is 3.33. The molecule has 9 heteroatoms. The zero-order chi connectivity index (χ0) is 18.8. The third-order valence-corrected chi connectivity index (χ3v) is 5.84. The molecule has 0 spiro atoms. The fourth-order valence-electron chi connectivity index (χ4n) is 2.81. The standard InChI is InChI=1S/C18H17N5O2S2/c1-3-22-16(13-6-4-5-7-14(13)25-2)20-21-18(22)27-11-12-10-15(24)23-8-9-26-17(23)19-12/h4-10H,3,11H2,1-2H3. The minimum Gasteiger partial charge on any atom is -0.496 e. The molecule has 0 radical (unpaired) electrons. The van der Waals surface area contributed by atoms with Crippen molar-refractivity contribution in [2.75, 3.05) is 7.11 Å². The van der Waals surface area contributed by atoms with Gasteiger partial charge in [-0.1, -0.05) is 23.9 Å². The molecule has 0 atom stereocenters. The molecule has 0 N–H and O–H groups in total. The van der Waals surface area contributed by atoms with Crippen molar-refractivity contribution in [3.05, 3.63) is 58.0 Å². The van der Waals surface area contributed by atoms with E-state index >= 15 is 0 Å². The molecule has 4 rings (SSSR count). The molecule has 0 aliphatic rings. The second kappa shape index (κ2) is 7.53. The summed E-state index contributed by atoms with van der Waals surface area (Å²) in [7, 11) is 1.64. The molecule has 7 nitrogen and oxygen atoms in total. The molecule has 0 saturated carbocycles. The monoisotopic (exact) mass is 399 g/mol. The predicted octanol–water partition coefficient (Wildman–Crippen LogP) is 3.34. The van der Waals surface area contributed by atoms with E-state index in [4.69, 9.17) is 4.74 Å². The molecule has 0 unspecified atom stereocenters. The Hall–Kier alpha value is -2.65. The van der Waals surface area contributed by atoms with E-state index in [1.165, 1.54) is 23.1 Å². The molecule has 3 aromatic heterocycles. The van der Waals surface area contributed by atoms with Gasteiger partial charge in [0.1, 0.15) is 5.75 Å². The highest BCUT2D eigenvalue weighted by Gasteiger charge is 2.16. The van der Waals surface area contributed by atoms with Crippen LogP contribution in [0.2, 0.25) is 0 Å². The fraction of sp³-hybridized carbons (Fsp3) is 0.222. The smallest absolute Gasteiger partial charge is 0.258 e. The second-order valence-corrected chi connectivity index (χ2v) is 7.50. The summed E-state index contributed by atoms with van der Waals surface area (Å²) in [6.07, 6.45) is 1.74. The number of rotatable bonds is 6. The first-order valence-electron chi connectivity index (χ1n) is 8.36. The van der Waals surface area contributed by atoms with Crippen LogP contribution < -0.4 is 10.3 Å². The first-order valence-corrected chi connectivity index (χ1v) is 10.2. The summed E-state index contributed by atoms with van der Waals surface area (Å²) in [6.45, 7) is 2.78. The molecular formula is C18H17N5O2S2. The Morgan fingerprint density at radius 1 is 1.26 bits per heavy atom. The fourth-order valence-corrected chi connectivity index (χ4v) is 4.44. The van der Waals surface area contributed by atoms with E-state index in [0.29, 0.717) is 10.7 Å². The van der Waals surface area contributed by atoms with Gasteiger partial charge in [0.25, 0.3) is 5.56 Å². The van der Waals surface area contributed by atoms with E-state index in [-0.39, 0.29) is 5.56 Å². The maximum absolute atomic E-state index is 12.1. The van der Waals surface area contributed by atoms with Crippen molar-refractivity contribution in [3.63, 3.8) is 0 Å². The second-order valence-electron chi connectivity index (χ2n) is 5.68. The highest BCUT2D eigenvalue weighted by atomic mass is 32.2. The number of para-hydroxylation sites is 1. The third kappa shape index (κ3) is 3.35. The quantitative estimate of drug-likeness (QED) is 0.463. The Balaban J connectivity index is 1.63. The molecule has 3 heterocycles. The van der Waals surface area contributed by atoms with E-state index in [1.54, 1.807) is 23.8 Å². The predicted molar refractivity (Wildman–Crippen MR) is 107 cm³/mol. The number of thioether (sulfide) groups is 1. The van der Waals surface area contributed by atoms with E-state index in [1.807, 2.05) is 34.2 Å². The van der Waals surface area contributed by atoms with Gasteiger partial charge in [0.15, 0.2) is 15.9 Å². The highest BCUT2D eigenvalue weighted by Crippen LogP contribution is 2.31. The Kier molecular flexibility index (Phi) is 4.95. The van der Waals surface area contributed by atoms with Crippen LogP contribution in [0.25, 0.3) is 16.3 Å². The number of nitrogens with zero attached hydrogens (tertiary/aromatic N) is 5. The average molecular weight is 400 g/mol. The lowest BCUT2D eigenvalue weighted by atomic mass is 10.2. The third-order valence-electron chi connectivity index (χ3n) is 4.09. The summed E-state index contributed by atoms with van der Waals surface area (Å²) >= 11 is 2.96. The van der Waals surface area contributed by atoms with Gasteiger partial charge in [-0.05, 0) is 19.1 Å². The van der Waals surface area contributed by atoms with E-state index < -0.39 is 0 Å². The van der Waals surface area contributed by atoms with Crippen molar-refractivity contribution >= 4 is 28.1 Å². The van der Waals surface area contributed by atoms with E-state index in [9.17, 15) is 4.79 Å². The Bertz CT molecular complexity index is 1150. The molecule has 0 aliphatic heterocycles. The largest absolute Gasteiger partial charge is 0.496 e. The molecule has 1 aromatic carbocycles. The number of benzene rings is 1. The lowest BCUT2D eigenvalue weighted by molar-refractivity contribution is 0.416. The minimum atomic E-state index is -0.0662. The molecule has 0 bridgehead atoms. The summed E-state index contributed by atoms with van der Waals surface area (Å²) in [5, 5.41) is 11.3. The van der Waals surface area contributed by atoms with Gasteiger partial charge >= 0.3 is 0 Å². The van der Waals surface area contributed by atoms with Gasteiger partial charge < -0.3 is 9.30 Å². The van der Waals surface area contributed by atoms with E-state index in [0.717, 1.165) is 34.5 Å². The molecule has 0 fully saturated rings. The molecular weight excluding hydrogens is 382 g/mol. The lowest BCUT2D eigenvalue weighted by Gasteiger charge is -2.10. The summed E-state index contributed by atoms with van der Waals surface area (Å²) in [5.41, 5.74) is 1.57. The van der Waals surface area contributed by atoms with Crippen LogP contribution in [0.3, 0.4) is 0 Å². The van der Waals surface area contributed by atoms with Crippen LogP contribution in [0, 0.1) is 0 Å². The molecule has 0 saturated heterocycles. The zero-order valence-corrected chi connectivity index (χ0v) is 16.5. The number of hydrogen-bond donors (Lipinski definition) is 0. The Morgan fingerprint density at radius 3 is 2.93 bits per heavy atom. The van der Waals surface area contributed by atoms with Gasteiger partial charge in [-0.2, -0.15) is 0 Å². The van der Waals surface area contributed by atoms with Gasteiger partial charge in [-0.15, -0.1) is 21.5 Å². The first kappa shape index (κ1) is 17.7. The molecule has 0 amide bonds. The Labute approximate surface area is 163 Å². The number of ether oxygens (including phenoxy) is 1. The minimum absolute atomic E-state index is 0.0662. The van der Waals surface area contributed by atoms with Crippen molar-refractivity contribution in [3.8, 4) is 17.1 Å². The number of thiazole rings is 1. The topological polar surface area (TPSA) is 74.3 Å². The van der Waals surface area contributed by atoms with Crippen LogP contribution in [0.4, 0.5) is 0 Å². The van der Waals surface area contributed by atoms with Crippen molar-refractivity contribution < 1.29 is 4.74 Å². The molecule has 4 aromatic rings. The van der Waals surface area contributed by atoms with Crippen molar-refractivity contribution in [2.45, 2.75) is 24.4 Å². The van der Waals surface area contributed by atoms with Crippen LogP contribution in [-0.2, 0) is 12.3 Å². The SMILES string of the molecule is CCn1c(SCc2cc(=O)n3ccsc3n2)nnc1-c1ccccc1OC. The first-order chi connectivity index (χ1) is 13.2. The number of methoxy groups -OCH3 is 1. The maximum atomic E-state index is 12.1. The van der Waals surface area contributed by atoms with Gasteiger partial charge in [-0.25, -0.2) is 4.98 Å². The summed E-state index contributed by atoms with van der Waals surface area (Å²) in [4.78, 5) is 17.4. The summed E-state index contributed by atoms with van der Waals surface area (Å²) in [6, 6.07) is 9.32. The van der Waals surface area contributed by atoms with Gasteiger partial charge in [-0.3, -0.25) is 9.20 Å². The van der Waals surface area contributed by atoms with Crippen LogP contribution >= 0.6 is 23.1 Å².